The number of nitrogens with zero attached hydrogens (tertiary/aromatic N) is 5. The summed E-state index contributed by atoms with van der Waals surface area (Å²) in [5.41, 5.74) is 4.69. The second-order valence-corrected chi connectivity index (χ2v) is 10.1. The van der Waals surface area contributed by atoms with Gasteiger partial charge in [-0.25, -0.2) is 4.98 Å². The molecule has 5 rings (SSSR count). The molecular weight excluding hydrogens is 495 g/mol. The Morgan fingerprint density at radius 3 is 2.50 bits per heavy atom. The SMILES string of the molecule is CN(C)c1ccc(-c2nc3ccccn3c2NCC(=O)N2CCN(C3=C(Cl)CCC=C3Cl)CC2)cc1. The van der Waals surface area contributed by atoms with Crippen LogP contribution in [0.5, 0.6) is 0 Å². The number of allylic oxidation sites excluding steroid dienone is 3. The van der Waals surface area contributed by atoms with Crippen LogP contribution in [0.3, 0.4) is 0 Å². The van der Waals surface area contributed by atoms with Gasteiger partial charge in [-0.3, -0.25) is 9.20 Å². The average molecular weight is 525 g/mol. The molecule has 0 bridgehead atoms. The van der Waals surface area contributed by atoms with Gasteiger partial charge in [-0.05, 0) is 37.1 Å². The van der Waals surface area contributed by atoms with Crippen molar-refractivity contribution in [1.82, 2.24) is 19.2 Å². The number of nitrogens with one attached hydrogen (secondary N) is 1. The van der Waals surface area contributed by atoms with Crippen LogP contribution in [0, 0.1) is 0 Å². The second-order valence-electron chi connectivity index (χ2n) is 9.24. The molecule has 2 aliphatic rings. The maximum atomic E-state index is 13.1. The highest BCUT2D eigenvalue weighted by Gasteiger charge is 2.26. The van der Waals surface area contributed by atoms with Gasteiger partial charge in [-0.1, -0.05) is 47.5 Å². The quantitative estimate of drug-likeness (QED) is 0.492. The summed E-state index contributed by atoms with van der Waals surface area (Å²) >= 11 is 12.9. The summed E-state index contributed by atoms with van der Waals surface area (Å²) < 4.78 is 1.99. The molecule has 1 saturated heterocycles. The number of piperazine rings is 1. The van der Waals surface area contributed by atoms with Gasteiger partial charge < -0.3 is 20.0 Å². The lowest BCUT2D eigenvalue weighted by molar-refractivity contribution is -0.130. The largest absolute Gasteiger partial charge is 0.378 e. The molecule has 3 heterocycles. The van der Waals surface area contributed by atoms with Crippen LogP contribution in [0.15, 0.2) is 70.5 Å². The fourth-order valence-corrected chi connectivity index (χ4v) is 5.45. The Morgan fingerprint density at radius 1 is 1.06 bits per heavy atom. The second kappa shape index (κ2) is 10.4. The summed E-state index contributed by atoms with van der Waals surface area (Å²) in [5.74, 6) is 0.867. The molecule has 1 aliphatic heterocycles. The van der Waals surface area contributed by atoms with Gasteiger partial charge in [0.15, 0.2) is 0 Å². The fraction of sp³-hybridized carbons (Fsp3) is 0.333. The minimum atomic E-state index is 0.0554. The number of anilines is 2. The molecule has 0 atom stereocenters. The predicted molar refractivity (Wildman–Crippen MR) is 148 cm³/mol. The summed E-state index contributed by atoms with van der Waals surface area (Å²) in [6.07, 6.45) is 5.67. The number of benzene rings is 1. The minimum absolute atomic E-state index is 0.0554. The van der Waals surface area contributed by atoms with Gasteiger partial charge >= 0.3 is 0 Å². The highest BCUT2D eigenvalue weighted by atomic mass is 35.5. The molecular formula is C27H30Cl2N6O. The average Bonchev–Trinajstić information content (AvgIpc) is 3.26. The molecule has 7 nitrogen and oxygen atoms in total. The van der Waals surface area contributed by atoms with E-state index in [1.54, 1.807) is 0 Å². The number of hydrogen-bond donors (Lipinski definition) is 1. The molecule has 1 aromatic carbocycles. The molecule has 188 valence electrons. The fourth-order valence-electron chi connectivity index (χ4n) is 4.73. The number of amides is 1. The molecule has 1 aliphatic carbocycles. The van der Waals surface area contributed by atoms with Gasteiger partial charge in [0.1, 0.15) is 17.2 Å². The first-order valence-corrected chi connectivity index (χ1v) is 12.9. The molecule has 0 saturated carbocycles. The van der Waals surface area contributed by atoms with Crippen molar-refractivity contribution >= 4 is 46.3 Å². The Bertz CT molecular complexity index is 1320. The maximum absolute atomic E-state index is 13.1. The Labute approximate surface area is 221 Å². The lowest BCUT2D eigenvalue weighted by atomic mass is 10.1. The van der Waals surface area contributed by atoms with Crippen LogP contribution in [0.25, 0.3) is 16.9 Å². The molecule has 0 spiro atoms. The number of halogens is 2. The highest BCUT2D eigenvalue weighted by Crippen LogP contribution is 2.33. The Hall–Kier alpha value is -3.16. The van der Waals surface area contributed by atoms with Gasteiger partial charge in [0.2, 0.25) is 5.91 Å². The first-order chi connectivity index (χ1) is 17.4. The molecule has 36 heavy (non-hydrogen) atoms. The molecule has 9 heteroatoms. The zero-order chi connectivity index (χ0) is 25.2. The van der Waals surface area contributed by atoms with Crippen molar-refractivity contribution < 1.29 is 4.79 Å². The number of pyridine rings is 1. The summed E-state index contributed by atoms with van der Waals surface area (Å²) in [6.45, 7) is 2.87. The van der Waals surface area contributed by atoms with Crippen molar-refractivity contribution in [1.29, 1.82) is 0 Å². The van der Waals surface area contributed by atoms with Gasteiger partial charge in [-0.15, -0.1) is 0 Å². The number of fused-ring (bicyclic) bond motifs is 1. The van der Waals surface area contributed by atoms with Crippen molar-refractivity contribution in [2.75, 3.05) is 57.0 Å². The minimum Gasteiger partial charge on any atom is -0.378 e. The lowest BCUT2D eigenvalue weighted by Gasteiger charge is -2.38. The first-order valence-electron chi connectivity index (χ1n) is 12.2. The van der Waals surface area contributed by atoms with E-state index in [2.05, 4.69) is 39.4 Å². The van der Waals surface area contributed by atoms with E-state index < -0.39 is 0 Å². The van der Waals surface area contributed by atoms with E-state index in [1.165, 1.54) is 0 Å². The number of carbonyl (C=O) groups excluding carboxylic acids is 1. The van der Waals surface area contributed by atoms with Crippen LogP contribution in [-0.2, 0) is 4.79 Å². The van der Waals surface area contributed by atoms with E-state index in [0.29, 0.717) is 31.2 Å². The smallest absolute Gasteiger partial charge is 0.242 e. The number of carbonyl (C=O) groups is 1. The third kappa shape index (κ3) is 4.90. The molecule has 2 aromatic heterocycles. The van der Waals surface area contributed by atoms with Gasteiger partial charge in [0.25, 0.3) is 0 Å². The van der Waals surface area contributed by atoms with Crippen LogP contribution in [0.1, 0.15) is 12.8 Å². The Balaban J connectivity index is 1.29. The summed E-state index contributed by atoms with van der Waals surface area (Å²) in [4.78, 5) is 24.1. The van der Waals surface area contributed by atoms with Crippen LogP contribution < -0.4 is 10.2 Å². The molecule has 1 N–H and O–H groups in total. The summed E-state index contributed by atoms with van der Waals surface area (Å²) in [6, 6.07) is 14.2. The van der Waals surface area contributed by atoms with Gasteiger partial charge in [0, 0.05) is 62.8 Å². The molecule has 1 fully saturated rings. The van der Waals surface area contributed by atoms with E-state index in [-0.39, 0.29) is 12.5 Å². The van der Waals surface area contributed by atoms with Gasteiger partial charge in [0.05, 0.1) is 17.3 Å². The number of hydrogen-bond acceptors (Lipinski definition) is 5. The van der Waals surface area contributed by atoms with E-state index in [4.69, 9.17) is 28.2 Å². The number of rotatable bonds is 6. The number of aromatic nitrogens is 2. The predicted octanol–water partition coefficient (Wildman–Crippen LogP) is 4.99. The maximum Gasteiger partial charge on any atom is 0.242 e. The first kappa shape index (κ1) is 24.5. The van der Waals surface area contributed by atoms with Crippen molar-refractivity contribution in [3.63, 3.8) is 0 Å². The Kier molecular flexibility index (Phi) is 7.12. The molecule has 0 unspecified atom stereocenters. The zero-order valence-corrected chi connectivity index (χ0v) is 22.1. The Morgan fingerprint density at radius 2 is 1.81 bits per heavy atom. The normalized spacial score (nSPS) is 16.4. The summed E-state index contributed by atoms with van der Waals surface area (Å²) in [7, 11) is 4.04. The van der Waals surface area contributed by atoms with Crippen molar-refractivity contribution in [2.45, 2.75) is 12.8 Å². The standard InChI is InChI=1S/C27H30Cl2N6O/c1-32(2)20-11-9-19(10-12-20)25-27(35-13-4-3-8-23(35)31-25)30-18-24(36)33-14-16-34(17-15-33)26-21(28)6-5-7-22(26)29/h3-4,6,8-13,30H,5,7,14-18H2,1-2H3. The van der Waals surface area contributed by atoms with E-state index in [0.717, 1.165) is 52.0 Å². The van der Waals surface area contributed by atoms with Crippen LogP contribution >= 0.6 is 23.2 Å². The van der Waals surface area contributed by atoms with E-state index >= 15 is 0 Å². The van der Waals surface area contributed by atoms with E-state index in [9.17, 15) is 4.79 Å². The van der Waals surface area contributed by atoms with Crippen LogP contribution in [0.2, 0.25) is 0 Å². The molecule has 3 aromatic rings. The topological polar surface area (TPSA) is 56.1 Å². The third-order valence-corrected chi connectivity index (χ3v) is 7.41. The monoisotopic (exact) mass is 524 g/mol. The highest BCUT2D eigenvalue weighted by molar-refractivity contribution is 6.35. The molecule has 0 radical (unpaired) electrons. The summed E-state index contributed by atoms with van der Waals surface area (Å²) in [5, 5.41) is 4.90. The van der Waals surface area contributed by atoms with Gasteiger partial charge in [-0.2, -0.15) is 0 Å². The number of imidazole rings is 1. The van der Waals surface area contributed by atoms with Crippen molar-refractivity contribution in [3.8, 4) is 11.3 Å². The lowest BCUT2D eigenvalue weighted by Crippen LogP contribution is -2.50. The van der Waals surface area contributed by atoms with Crippen molar-refractivity contribution in [3.05, 3.63) is 70.5 Å². The molecule has 1 amide bonds. The van der Waals surface area contributed by atoms with Crippen molar-refractivity contribution in [2.24, 2.45) is 0 Å². The van der Waals surface area contributed by atoms with Crippen LogP contribution in [0.4, 0.5) is 11.5 Å². The third-order valence-electron chi connectivity index (χ3n) is 6.71. The van der Waals surface area contributed by atoms with Crippen LogP contribution in [-0.4, -0.2) is 71.9 Å². The zero-order valence-electron chi connectivity index (χ0n) is 20.5. The van der Waals surface area contributed by atoms with E-state index in [1.807, 2.05) is 53.9 Å².